The van der Waals surface area contributed by atoms with E-state index in [9.17, 15) is 0 Å². The minimum absolute atomic E-state index is 0.816. The van der Waals surface area contributed by atoms with Crippen molar-refractivity contribution in [2.75, 3.05) is 0 Å². The number of thiazole rings is 1. The van der Waals surface area contributed by atoms with E-state index in [1.165, 1.54) is 5.56 Å². The second kappa shape index (κ2) is 4.20. The van der Waals surface area contributed by atoms with Crippen LogP contribution >= 0.6 is 27.3 Å². The van der Waals surface area contributed by atoms with Gasteiger partial charge in [-0.3, -0.25) is 0 Å². The lowest BCUT2D eigenvalue weighted by molar-refractivity contribution is 1.30. The smallest absolute Gasteiger partial charge is 0.170 e. The largest absolute Gasteiger partial charge is 0.226 e. The summed E-state index contributed by atoms with van der Waals surface area (Å²) in [6.45, 7) is 2.09. The van der Waals surface area contributed by atoms with E-state index < -0.39 is 0 Å². The Morgan fingerprint density at radius 2 is 2.06 bits per heavy atom. The normalized spacial score (nSPS) is 10.9. The molecule has 2 nitrogen and oxygen atoms in total. The SMILES string of the molecule is Cc1ccccc1-c1nc2ncsc2cc1Br. The molecule has 4 heteroatoms. The van der Waals surface area contributed by atoms with E-state index in [0.29, 0.717) is 0 Å². The van der Waals surface area contributed by atoms with Crippen molar-refractivity contribution in [3.8, 4) is 11.3 Å². The van der Waals surface area contributed by atoms with Gasteiger partial charge in [-0.05, 0) is 34.5 Å². The molecule has 0 aliphatic carbocycles. The van der Waals surface area contributed by atoms with Gasteiger partial charge >= 0.3 is 0 Å². The third kappa shape index (κ3) is 1.87. The molecule has 1 aromatic carbocycles. The van der Waals surface area contributed by atoms with E-state index in [0.717, 1.165) is 26.1 Å². The van der Waals surface area contributed by atoms with E-state index >= 15 is 0 Å². The molecule has 2 heterocycles. The van der Waals surface area contributed by atoms with Crippen LogP contribution in [0.1, 0.15) is 5.56 Å². The fourth-order valence-corrected chi connectivity index (χ4v) is 3.14. The Kier molecular flexibility index (Phi) is 2.68. The maximum atomic E-state index is 4.62. The first-order chi connectivity index (χ1) is 8.25. The Morgan fingerprint density at radius 3 is 2.88 bits per heavy atom. The van der Waals surface area contributed by atoms with E-state index in [1.807, 2.05) is 17.6 Å². The van der Waals surface area contributed by atoms with Crippen molar-refractivity contribution < 1.29 is 0 Å². The van der Waals surface area contributed by atoms with Crippen molar-refractivity contribution in [2.24, 2.45) is 0 Å². The van der Waals surface area contributed by atoms with Gasteiger partial charge in [0, 0.05) is 10.0 Å². The number of benzene rings is 1. The average Bonchev–Trinajstić information content (AvgIpc) is 2.76. The lowest BCUT2D eigenvalue weighted by Gasteiger charge is -2.06. The standard InChI is InChI=1S/C13H9BrN2S/c1-8-4-2-3-5-9(8)12-10(14)6-11-13(16-12)15-7-17-11/h2-7H,1H3. The van der Waals surface area contributed by atoms with Gasteiger partial charge in [0.25, 0.3) is 0 Å². The first-order valence-corrected chi connectivity index (χ1v) is 6.89. The van der Waals surface area contributed by atoms with Crippen molar-refractivity contribution >= 4 is 37.6 Å². The summed E-state index contributed by atoms with van der Waals surface area (Å²) in [6.07, 6.45) is 0. The number of pyridine rings is 1. The lowest BCUT2D eigenvalue weighted by Crippen LogP contribution is -1.89. The van der Waals surface area contributed by atoms with E-state index in [4.69, 9.17) is 0 Å². The highest BCUT2D eigenvalue weighted by atomic mass is 79.9. The summed E-state index contributed by atoms with van der Waals surface area (Å²) < 4.78 is 2.12. The van der Waals surface area contributed by atoms with Crippen molar-refractivity contribution in [3.05, 3.63) is 45.9 Å². The van der Waals surface area contributed by atoms with Crippen molar-refractivity contribution in [1.29, 1.82) is 0 Å². The molecule has 0 radical (unpaired) electrons. The molecule has 0 atom stereocenters. The zero-order valence-corrected chi connectivity index (χ0v) is 11.5. The van der Waals surface area contributed by atoms with Crippen LogP contribution in [-0.2, 0) is 0 Å². The quantitative estimate of drug-likeness (QED) is 0.664. The van der Waals surface area contributed by atoms with Gasteiger partial charge in [-0.2, -0.15) is 0 Å². The molecule has 0 fully saturated rings. The van der Waals surface area contributed by atoms with Crippen molar-refractivity contribution in [2.45, 2.75) is 6.92 Å². The number of rotatable bonds is 1. The summed E-state index contributed by atoms with van der Waals surface area (Å²) in [5, 5.41) is 0. The maximum Gasteiger partial charge on any atom is 0.170 e. The van der Waals surface area contributed by atoms with Crippen molar-refractivity contribution in [1.82, 2.24) is 9.97 Å². The van der Waals surface area contributed by atoms with E-state index in [2.05, 4.69) is 51.0 Å². The lowest BCUT2D eigenvalue weighted by atomic mass is 10.1. The van der Waals surface area contributed by atoms with Crippen LogP contribution in [0, 0.1) is 6.92 Å². The molecule has 0 amide bonds. The number of nitrogens with zero attached hydrogens (tertiary/aromatic N) is 2. The van der Waals surface area contributed by atoms with Gasteiger partial charge in [-0.25, -0.2) is 9.97 Å². The van der Waals surface area contributed by atoms with Crippen LogP contribution in [0.3, 0.4) is 0 Å². The summed E-state index contributed by atoms with van der Waals surface area (Å²) in [4.78, 5) is 8.88. The number of fused-ring (bicyclic) bond motifs is 1. The van der Waals surface area contributed by atoms with Gasteiger partial charge in [0.2, 0.25) is 0 Å². The predicted molar refractivity (Wildman–Crippen MR) is 75.3 cm³/mol. The summed E-state index contributed by atoms with van der Waals surface area (Å²) in [5.74, 6) is 0. The summed E-state index contributed by atoms with van der Waals surface area (Å²) in [7, 11) is 0. The highest BCUT2D eigenvalue weighted by molar-refractivity contribution is 9.10. The predicted octanol–water partition coefficient (Wildman–Crippen LogP) is 4.43. The summed E-state index contributed by atoms with van der Waals surface area (Å²) >= 11 is 5.20. The van der Waals surface area contributed by atoms with Gasteiger partial charge in [-0.15, -0.1) is 11.3 Å². The molecule has 84 valence electrons. The molecule has 0 saturated heterocycles. The fraction of sp³-hybridized carbons (Fsp3) is 0.0769. The van der Waals surface area contributed by atoms with Crippen LogP contribution in [-0.4, -0.2) is 9.97 Å². The summed E-state index contributed by atoms with van der Waals surface area (Å²) in [5.41, 5.74) is 5.97. The Bertz CT molecular complexity index is 691. The zero-order valence-electron chi connectivity index (χ0n) is 9.14. The molecule has 0 unspecified atom stereocenters. The highest BCUT2D eigenvalue weighted by Crippen LogP contribution is 2.32. The van der Waals surface area contributed by atoms with Gasteiger partial charge < -0.3 is 0 Å². The number of halogens is 1. The minimum Gasteiger partial charge on any atom is -0.226 e. The van der Waals surface area contributed by atoms with Gasteiger partial charge in [0.1, 0.15) is 0 Å². The topological polar surface area (TPSA) is 25.8 Å². The molecule has 3 aromatic rings. The van der Waals surface area contributed by atoms with Gasteiger partial charge in [0.05, 0.1) is 15.9 Å². The second-order valence-electron chi connectivity index (χ2n) is 3.81. The highest BCUT2D eigenvalue weighted by Gasteiger charge is 2.10. The summed E-state index contributed by atoms with van der Waals surface area (Å²) in [6, 6.07) is 10.3. The first kappa shape index (κ1) is 10.9. The number of aromatic nitrogens is 2. The fourth-order valence-electron chi connectivity index (χ4n) is 1.80. The van der Waals surface area contributed by atoms with E-state index in [1.54, 1.807) is 11.3 Å². The average molecular weight is 305 g/mol. The van der Waals surface area contributed by atoms with Crippen LogP contribution in [0.2, 0.25) is 0 Å². The number of hydrogen-bond donors (Lipinski definition) is 0. The first-order valence-electron chi connectivity index (χ1n) is 5.21. The molecule has 0 N–H and O–H groups in total. The van der Waals surface area contributed by atoms with Crippen molar-refractivity contribution in [3.63, 3.8) is 0 Å². The molecule has 17 heavy (non-hydrogen) atoms. The molecule has 2 aromatic heterocycles. The molecular formula is C13H9BrN2S. The third-order valence-corrected chi connectivity index (χ3v) is 4.05. The zero-order chi connectivity index (χ0) is 11.8. The molecular weight excluding hydrogens is 296 g/mol. The van der Waals surface area contributed by atoms with Crippen LogP contribution in [0.4, 0.5) is 0 Å². The van der Waals surface area contributed by atoms with Crippen LogP contribution in [0.25, 0.3) is 21.6 Å². The van der Waals surface area contributed by atoms with Crippen LogP contribution in [0.15, 0.2) is 40.3 Å². The monoisotopic (exact) mass is 304 g/mol. The van der Waals surface area contributed by atoms with Gasteiger partial charge in [0.15, 0.2) is 5.65 Å². The maximum absolute atomic E-state index is 4.62. The molecule has 3 rings (SSSR count). The van der Waals surface area contributed by atoms with Crippen LogP contribution in [0.5, 0.6) is 0 Å². The molecule has 0 aliphatic rings. The molecule has 0 aliphatic heterocycles. The Labute approximate surface area is 111 Å². The molecule has 0 saturated carbocycles. The van der Waals surface area contributed by atoms with Gasteiger partial charge in [-0.1, -0.05) is 24.3 Å². The number of aryl methyl sites for hydroxylation is 1. The Balaban J connectivity index is 2.30. The Hall–Kier alpha value is -1.26. The van der Waals surface area contributed by atoms with Crippen LogP contribution < -0.4 is 0 Å². The second-order valence-corrected chi connectivity index (χ2v) is 5.55. The third-order valence-electron chi connectivity index (χ3n) is 2.68. The molecule has 0 bridgehead atoms. The Morgan fingerprint density at radius 1 is 1.24 bits per heavy atom. The number of hydrogen-bond acceptors (Lipinski definition) is 3. The van der Waals surface area contributed by atoms with E-state index in [-0.39, 0.29) is 0 Å². The minimum atomic E-state index is 0.816. The molecule has 0 spiro atoms.